The van der Waals surface area contributed by atoms with Crippen molar-refractivity contribution in [2.75, 3.05) is 13.2 Å². The van der Waals surface area contributed by atoms with Crippen LogP contribution >= 0.6 is 0 Å². The first-order valence-corrected chi connectivity index (χ1v) is 9.63. The van der Waals surface area contributed by atoms with Crippen LogP contribution in [0.25, 0.3) is 0 Å². The van der Waals surface area contributed by atoms with Gasteiger partial charge in [-0.1, -0.05) is 6.92 Å². The summed E-state index contributed by atoms with van der Waals surface area (Å²) in [6.07, 6.45) is 6.89. The van der Waals surface area contributed by atoms with Crippen molar-refractivity contribution in [3.05, 3.63) is 12.0 Å². The lowest BCUT2D eigenvalue weighted by atomic mass is 9.89. The van der Waals surface area contributed by atoms with Gasteiger partial charge in [-0.05, 0) is 39.0 Å². The fourth-order valence-electron chi connectivity index (χ4n) is 3.43. The highest BCUT2D eigenvalue weighted by Gasteiger charge is 2.36. The van der Waals surface area contributed by atoms with Crippen molar-refractivity contribution in [1.29, 1.82) is 0 Å². The van der Waals surface area contributed by atoms with Crippen molar-refractivity contribution >= 4 is 10.0 Å². The number of hydrogen-bond donors (Lipinski definition) is 1. The molecule has 1 aromatic rings. The Morgan fingerprint density at radius 2 is 2.18 bits per heavy atom. The summed E-state index contributed by atoms with van der Waals surface area (Å²) >= 11 is 0. The van der Waals surface area contributed by atoms with Crippen LogP contribution in [-0.2, 0) is 21.2 Å². The third-order valence-corrected chi connectivity index (χ3v) is 6.49. The summed E-state index contributed by atoms with van der Waals surface area (Å²) in [5.74, 6) is 0.886. The predicted octanol–water partition coefficient (Wildman–Crippen LogP) is 2.02. The Labute approximate surface area is 132 Å². The predicted molar refractivity (Wildman–Crippen MR) is 83.3 cm³/mol. The molecule has 1 aromatic heterocycles. The quantitative estimate of drug-likeness (QED) is 0.918. The van der Waals surface area contributed by atoms with Gasteiger partial charge in [-0.25, -0.2) is 18.1 Å². The minimum absolute atomic E-state index is 0.163. The Hall–Kier alpha value is -0.920. The van der Waals surface area contributed by atoms with Gasteiger partial charge in [-0.15, -0.1) is 0 Å². The summed E-state index contributed by atoms with van der Waals surface area (Å²) in [4.78, 5) is 4.39. The molecular weight excluding hydrogens is 302 g/mol. The minimum Gasteiger partial charge on any atom is -0.381 e. The van der Waals surface area contributed by atoms with E-state index in [4.69, 9.17) is 4.74 Å². The number of hydrogen-bond acceptors (Lipinski definition) is 4. The van der Waals surface area contributed by atoms with Gasteiger partial charge in [0.1, 0.15) is 5.82 Å². The second kappa shape index (κ2) is 5.94. The molecule has 1 N–H and O–H groups in total. The molecule has 124 valence electrons. The fourth-order valence-corrected chi connectivity index (χ4v) is 4.93. The largest absolute Gasteiger partial charge is 0.381 e. The lowest BCUT2D eigenvalue weighted by Gasteiger charge is -2.36. The van der Waals surface area contributed by atoms with Crippen LogP contribution < -0.4 is 4.72 Å². The molecule has 0 amide bonds. The van der Waals surface area contributed by atoms with Crippen molar-refractivity contribution in [1.82, 2.24) is 14.3 Å². The highest BCUT2D eigenvalue weighted by Crippen LogP contribution is 2.29. The molecule has 2 aliphatic heterocycles. The molecule has 22 heavy (non-hydrogen) atoms. The molecule has 6 nitrogen and oxygen atoms in total. The average molecular weight is 327 g/mol. The molecule has 0 aromatic carbocycles. The normalized spacial score (nSPS) is 24.9. The third kappa shape index (κ3) is 2.94. The molecule has 1 unspecified atom stereocenters. The summed E-state index contributed by atoms with van der Waals surface area (Å²) in [6.45, 7) is 5.34. The molecule has 0 aliphatic carbocycles. The van der Waals surface area contributed by atoms with E-state index in [-0.39, 0.29) is 5.03 Å². The monoisotopic (exact) mass is 327 g/mol. The van der Waals surface area contributed by atoms with Crippen LogP contribution in [0.3, 0.4) is 0 Å². The number of sulfonamides is 1. The van der Waals surface area contributed by atoms with Gasteiger partial charge in [-0.2, -0.15) is 0 Å². The highest BCUT2D eigenvalue weighted by molar-refractivity contribution is 7.89. The maximum Gasteiger partial charge on any atom is 0.260 e. The van der Waals surface area contributed by atoms with Crippen molar-refractivity contribution in [2.45, 2.75) is 69.0 Å². The van der Waals surface area contributed by atoms with Crippen molar-refractivity contribution < 1.29 is 13.2 Å². The van der Waals surface area contributed by atoms with Gasteiger partial charge < -0.3 is 9.30 Å². The number of ether oxygens (including phenoxy) is 1. The van der Waals surface area contributed by atoms with E-state index in [2.05, 4.69) is 16.6 Å². The maximum absolute atomic E-state index is 12.8. The van der Waals surface area contributed by atoms with E-state index < -0.39 is 15.6 Å². The van der Waals surface area contributed by atoms with Crippen molar-refractivity contribution in [3.8, 4) is 0 Å². The highest BCUT2D eigenvalue weighted by atomic mass is 32.2. The fraction of sp³-hybridized carbons (Fsp3) is 0.800. The molecule has 1 saturated heterocycles. The lowest BCUT2D eigenvalue weighted by Crippen LogP contribution is -2.51. The number of fused-ring (bicyclic) bond motifs is 1. The first kappa shape index (κ1) is 16.0. The van der Waals surface area contributed by atoms with Gasteiger partial charge in [0, 0.05) is 37.4 Å². The average Bonchev–Trinajstić information content (AvgIpc) is 2.94. The van der Waals surface area contributed by atoms with Crippen LogP contribution in [0.4, 0.5) is 0 Å². The number of nitrogens with one attached hydrogen (secondary N) is 1. The molecule has 0 spiro atoms. The van der Waals surface area contributed by atoms with Gasteiger partial charge in [0.15, 0.2) is 5.03 Å². The van der Waals surface area contributed by atoms with Crippen LogP contribution in [0.1, 0.15) is 57.8 Å². The van der Waals surface area contributed by atoms with Crippen LogP contribution in [0.5, 0.6) is 0 Å². The summed E-state index contributed by atoms with van der Waals surface area (Å²) in [5, 5.41) is 0.163. The lowest BCUT2D eigenvalue weighted by molar-refractivity contribution is 0.0456. The first-order valence-electron chi connectivity index (χ1n) is 8.15. The van der Waals surface area contributed by atoms with Gasteiger partial charge in [0.05, 0.1) is 0 Å². The van der Waals surface area contributed by atoms with E-state index in [1.165, 1.54) is 0 Å². The zero-order valence-electron chi connectivity index (χ0n) is 13.3. The van der Waals surface area contributed by atoms with E-state index in [1.807, 2.05) is 11.5 Å². The minimum atomic E-state index is -3.59. The van der Waals surface area contributed by atoms with Gasteiger partial charge in [0.25, 0.3) is 10.0 Å². The summed E-state index contributed by atoms with van der Waals surface area (Å²) < 4.78 is 35.8. The van der Waals surface area contributed by atoms with Gasteiger partial charge >= 0.3 is 0 Å². The Balaban J connectivity index is 1.86. The Kier molecular flexibility index (Phi) is 4.31. The second-order valence-corrected chi connectivity index (χ2v) is 8.12. The number of nitrogens with zero attached hydrogens (tertiary/aromatic N) is 2. The molecular formula is C15H25N3O3S. The van der Waals surface area contributed by atoms with Crippen LogP contribution in [0.15, 0.2) is 11.2 Å². The SMILES string of the molecule is CCC1(NS(=O)(=O)c2cn3c(n2)CCCC3C)CCOCC1. The van der Waals surface area contributed by atoms with Gasteiger partial charge in [0.2, 0.25) is 0 Å². The molecule has 1 atom stereocenters. The number of imidazole rings is 1. The van der Waals surface area contributed by atoms with Gasteiger partial charge in [-0.3, -0.25) is 0 Å². The summed E-state index contributed by atoms with van der Waals surface area (Å²) in [6, 6.07) is 0.323. The van der Waals surface area contributed by atoms with E-state index in [0.717, 1.165) is 31.5 Å². The van der Waals surface area contributed by atoms with E-state index >= 15 is 0 Å². The number of aromatic nitrogens is 2. The van der Waals surface area contributed by atoms with Crippen LogP contribution in [0.2, 0.25) is 0 Å². The maximum atomic E-state index is 12.8. The Morgan fingerprint density at radius 1 is 1.45 bits per heavy atom. The number of rotatable bonds is 4. The standard InChI is InChI=1S/C15H25N3O3S/c1-3-15(7-9-21-10-8-15)17-22(19,20)14-11-18-12(2)5-4-6-13(18)16-14/h11-12,17H,3-10H2,1-2H3. The Morgan fingerprint density at radius 3 is 2.82 bits per heavy atom. The van der Waals surface area contributed by atoms with Crippen molar-refractivity contribution in [3.63, 3.8) is 0 Å². The molecule has 3 heterocycles. The molecule has 7 heteroatoms. The molecule has 3 rings (SSSR count). The van der Waals surface area contributed by atoms with Crippen LogP contribution in [-0.4, -0.2) is 36.7 Å². The molecule has 0 saturated carbocycles. The molecule has 0 radical (unpaired) electrons. The van der Waals surface area contributed by atoms with E-state index in [1.54, 1.807) is 6.20 Å². The topological polar surface area (TPSA) is 73.2 Å². The Bertz CT molecular complexity index is 632. The second-order valence-electron chi connectivity index (χ2n) is 6.50. The number of aryl methyl sites for hydroxylation is 1. The summed E-state index contributed by atoms with van der Waals surface area (Å²) in [7, 11) is -3.59. The molecule has 2 aliphatic rings. The molecule has 0 bridgehead atoms. The zero-order chi connectivity index (χ0) is 15.8. The third-order valence-electron chi connectivity index (χ3n) is 5.04. The van der Waals surface area contributed by atoms with E-state index in [0.29, 0.717) is 32.1 Å². The first-order chi connectivity index (χ1) is 10.5. The van der Waals surface area contributed by atoms with Crippen molar-refractivity contribution in [2.24, 2.45) is 0 Å². The summed E-state index contributed by atoms with van der Waals surface area (Å²) in [5.41, 5.74) is -0.396. The zero-order valence-corrected chi connectivity index (χ0v) is 14.2. The van der Waals surface area contributed by atoms with E-state index in [9.17, 15) is 8.42 Å². The van der Waals surface area contributed by atoms with Crippen LogP contribution in [0, 0.1) is 0 Å². The smallest absolute Gasteiger partial charge is 0.260 e. The molecule has 1 fully saturated rings.